The third-order valence-electron chi connectivity index (χ3n) is 4.63. The lowest BCUT2D eigenvalue weighted by atomic mass is 9.87. The van der Waals surface area contributed by atoms with Crippen molar-refractivity contribution in [2.24, 2.45) is 0 Å². The summed E-state index contributed by atoms with van der Waals surface area (Å²) in [5.74, 6) is 0.0139. The molecule has 0 aliphatic carbocycles. The van der Waals surface area contributed by atoms with E-state index in [1.807, 2.05) is 30.3 Å². The van der Waals surface area contributed by atoms with Gasteiger partial charge in [-0.1, -0.05) is 32.9 Å². The van der Waals surface area contributed by atoms with Crippen LogP contribution in [0.2, 0.25) is 0 Å². The predicted molar refractivity (Wildman–Crippen MR) is 102 cm³/mol. The summed E-state index contributed by atoms with van der Waals surface area (Å²) in [5, 5.41) is 2.92. The van der Waals surface area contributed by atoms with Crippen LogP contribution in [0.4, 0.5) is 5.69 Å². The first kappa shape index (κ1) is 18.1. The maximum Gasteiger partial charge on any atom is 0.251 e. The second kappa shape index (κ2) is 7.28. The molecule has 26 heavy (non-hydrogen) atoms. The Morgan fingerprint density at radius 2 is 1.92 bits per heavy atom. The number of benzene rings is 1. The molecule has 0 spiro atoms. The maximum absolute atomic E-state index is 12.4. The van der Waals surface area contributed by atoms with Crippen molar-refractivity contribution in [3.8, 4) is 0 Å². The molecule has 1 aliphatic heterocycles. The number of pyridine rings is 1. The number of carbonyl (C=O) groups is 2. The molecule has 0 bridgehead atoms. The minimum atomic E-state index is -0.117. The van der Waals surface area contributed by atoms with Crippen molar-refractivity contribution in [3.05, 3.63) is 59.4 Å². The van der Waals surface area contributed by atoms with E-state index in [0.29, 0.717) is 18.5 Å². The van der Waals surface area contributed by atoms with E-state index in [4.69, 9.17) is 0 Å². The summed E-state index contributed by atoms with van der Waals surface area (Å²) in [7, 11) is 0. The summed E-state index contributed by atoms with van der Waals surface area (Å²) in [6, 6.07) is 9.62. The first-order chi connectivity index (χ1) is 12.3. The number of aromatic nitrogens is 1. The number of anilines is 1. The molecule has 1 saturated heterocycles. The highest BCUT2D eigenvalue weighted by Crippen LogP contribution is 2.23. The molecule has 0 unspecified atom stereocenters. The Balaban J connectivity index is 1.63. The molecule has 1 aromatic heterocycles. The lowest BCUT2D eigenvalue weighted by Crippen LogP contribution is -2.25. The van der Waals surface area contributed by atoms with Gasteiger partial charge in [0.15, 0.2) is 0 Å². The van der Waals surface area contributed by atoms with E-state index in [-0.39, 0.29) is 17.2 Å². The molecule has 2 aromatic rings. The molecule has 1 aliphatic rings. The van der Waals surface area contributed by atoms with Gasteiger partial charge in [-0.25, -0.2) is 0 Å². The Morgan fingerprint density at radius 1 is 1.19 bits per heavy atom. The fraction of sp³-hybridized carbons (Fsp3) is 0.381. The van der Waals surface area contributed by atoms with Gasteiger partial charge in [-0.15, -0.1) is 0 Å². The molecule has 3 rings (SSSR count). The Hall–Kier alpha value is -2.69. The average Bonchev–Trinajstić information content (AvgIpc) is 3.05. The minimum absolute atomic E-state index is 0.0636. The maximum atomic E-state index is 12.4. The van der Waals surface area contributed by atoms with Crippen LogP contribution in [-0.4, -0.2) is 23.3 Å². The molecular formula is C21H25N3O2. The summed E-state index contributed by atoms with van der Waals surface area (Å²) in [6.45, 7) is 7.55. The van der Waals surface area contributed by atoms with Crippen LogP contribution in [0, 0.1) is 0 Å². The summed E-state index contributed by atoms with van der Waals surface area (Å²) < 4.78 is 0. The number of hydrogen-bond donors (Lipinski definition) is 1. The molecule has 0 radical (unpaired) electrons. The summed E-state index contributed by atoms with van der Waals surface area (Å²) >= 11 is 0. The molecule has 1 N–H and O–H groups in total. The van der Waals surface area contributed by atoms with Crippen LogP contribution in [-0.2, 0) is 16.8 Å². The normalized spacial score (nSPS) is 14.6. The fourth-order valence-corrected chi connectivity index (χ4v) is 3.05. The van der Waals surface area contributed by atoms with Crippen LogP contribution in [0.5, 0.6) is 0 Å². The molecule has 1 fully saturated rings. The van der Waals surface area contributed by atoms with Gasteiger partial charge in [0.1, 0.15) is 0 Å². The van der Waals surface area contributed by atoms with Crippen LogP contribution in [0.25, 0.3) is 0 Å². The zero-order chi connectivity index (χ0) is 18.7. The first-order valence-electron chi connectivity index (χ1n) is 8.97. The lowest BCUT2D eigenvalue weighted by molar-refractivity contribution is -0.117. The van der Waals surface area contributed by atoms with E-state index < -0.39 is 0 Å². The van der Waals surface area contributed by atoms with E-state index in [0.717, 1.165) is 24.2 Å². The van der Waals surface area contributed by atoms with Crippen LogP contribution < -0.4 is 10.2 Å². The SMILES string of the molecule is CC(C)(C)c1ccc(C(=O)NCc2cncc(N3CCCC3=O)c2)cc1. The molecule has 1 aromatic carbocycles. The van der Waals surface area contributed by atoms with Crippen molar-refractivity contribution in [2.45, 2.75) is 45.6 Å². The third kappa shape index (κ3) is 4.10. The molecule has 2 heterocycles. The van der Waals surface area contributed by atoms with Crippen LogP contribution in [0.1, 0.15) is 55.1 Å². The molecule has 5 nitrogen and oxygen atoms in total. The highest BCUT2D eigenvalue weighted by atomic mass is 16.2. The van der Waals surface area contributed by atoms with E-state index in [1.54, 1.807) is 17.3 Å². The highest BCUT2D eigenvalue weighted by Gasteiger charge is 2.22. The minimum Gasteiger partial charge on any atom is -0.348 e. The summed E-state index contributed by atoms with van der Waals surface area (Å²) in [6.07, 6.45) is 4.88. The standard InChI is InChI=1S/C21H25N3O2/c1-21(2,3)17-8-6-16(7-9-17)20(26)23-13-15-11-18(14-22-12-15)24-10-4-5-19(24)25/h6-9,11-12,14H,4-5,10,13H2,1-3H3,(H,23,26). The molecule has 0 saturated carbocycles. The zero-order valence-corrected chi connectivity index (χ0v) is 15.6. The van der Waals surface area contributed by atoms with Crippen LogP contribution >= 0.6 is 0 Å². The average molecular weight is 351 g/mol. The van der Waals surface area contributed by atoms with Crippen LogP contribution in [0.15, 0.2) is 42.7 Å². The molecule has 5 heteroatoms. The monoisotopic (exact) mass is 351 g/mol. The summed E-state index contributed by atoms with van der Waals surface area (Å²) in [4.78, 5) is 30.2. The van der Waals surface area contributed by atoms with Gasteiger partial charge in [0.25, 0.3) is 5.91 Å². The van der Waals surface area contributed by atoms with Crippen molar-refractivity contribution in [2.75, 3.05) is 11.4 Å². The smallest absolute Gasteiger partial charge is 0.251 e. The zero-order valence-electron chi connectivity index (χ0n) is 15.6. The number of rotatable bonds is 4. The number of carbonyl (C=O) groups excluding carboxylic acids is 2. The lowest BCUT2D eigenvalue weighted by Gasteiger charge is -2.19. The van der Waals surface area contributed by atoms with Crippen molar-refractivity contribution >= 4 is 17.5 Å². The number of hydrogen-bond acceptors (Lipinski definition) is 3. The predicted octanol–water partition coefficient (Wildman–Crippen LogP) is 3.44. The quantitative estimate of drug-likeness (QED) is 0.918. The van der Waals surface area contributed by atoms with Crippen molar-refractivity contribution in [3.63, 3.8) is 0 Å². The fourth-order valence-electron chi connectivity index (χ4n) is 3.05. The van der Waals surface area contributed by atoms with E-state index in [2.05, 4.69) is 31.1 Å². The first-order valence-corrected chi connectivity index (χ1v) is 8.97. The van der Waals surface area contributed by atoms with Crippen molar-refractivity contribution in [1.29, 1.82) is 0 Å². The van der Waals surface area contributed by atoms with Gasteiger partial charge < -0.3 is 10.2 Å². The van der Waals surface area contributed by atoms with Gasteiger partial charge in [-0.3, -0.25) is 14.6 Å². The second-order valence-electron chi connectivity index (χ2n) is 7.71. The Bertz CT molecular complexity index is 807. The largest absolute Gasteiger partial charge is 0.348 e. The van der Waals surface area contributed by atoms with Gasteiger partial charge in [0.2, 0.25) is 5.91 Å². The number of nitrogens with one attached hydrogen (secondary N) is 1. The number of nitrogens with zero attached hydrogens (tertiary/aromatic N) is 2. The second-order valence-corrected chi connectivity index (χ2v) is 7.71. The Morgan fingerprint density at radius 3 is 2.54 bits per heavy atom. The molecule has 0 atom stereocenters. The van der Waals surface area contributed by atoms with Gasteiger partial charge >= 0.3 is 0 Å². The Kier molecular flexibility index (Phi) is 5.07. The third-order valence-corrected chi connectivity index (χ3v) is 4.63. The molecular weight excluding hydrogens is 326 g/mol. The topological polar surface area (TPSA) is 62.3 Å². The van der Waals surface area contributed by atoms with Gasteiger partial charge in [-0.2, -0.15) is 0 Å². The number of amides is 2. The van der Waals surface area contributed by atoms with E-state index in [1.165, 1.54) is 5.56 Å². The van der Waals surface area contributed by atoms with Gasteiger partial charge in [0.05, 0.1) is 11.9 Å². The Labute approximate surface area is 154 Å². The molecule has 136 valence electrons. The van der Waals surface area contributed by atoms with Crippen molar-refractivity contribution < 1.29 is 9.59 Å². The molecule has 2 amide bonds. The van der Waals surface area contributed by atoms with E-state index in [9.17, 15) is 9.59 Å². The van der Waals surface area contributed by atoms with Crippen LogP contribution in [0.3, 0.4) is 0 Å². The summed E-state index contributed by atoms with van der Waals surface area (Å²) in [5.41, 5.74) is 3.57. The van der Waals surface area contributed by atoms with E-state index >= 15 is 0 Å². The van der Waals surface area contributed by atoms with Gasteiger partial charge in [-0.05, 0) is 41.2 Å². The highest BCUT2D eigenvalue weighted by molar-refractivity contribution is 5.95. The van der Waals surface area contributed by atoms with Gasteiger partial charge in [0, 0.05) is 31.3 Å². The van der Waals surface area contributed by atoms with Crippen molar-refractivity contribution in [1.82, 2.24) is 10.3 Å².